The smallest absolute Gasteiger partial charge is 0.328 e. The Balaban J connectivity index is 2.91. The van der Waals surface area contributed by atoms with Crippen molar-refractivity contribution in [3.8, 4) is 5.75 Å². The van der Waals surface area contributed by atoms with E-state index >= 15 is 0 Å². The van der Waals surface area contributed by atoms with Gasteiger partial charge in [0.2, 0.25) is 5.22 Å². The normalized spacial score (nSPS) is 11.9. The van der Waals surface area contributed by atoms with Gasteiger partial charge in [-0.2, -0.15) is 0 Å². The van der Waals surface area contributed by atoms with Crippen molar-refractivity contribution < 1.29 is 17.9 Å². The first-order valence-corrected chi connectivity index (χ1v) is 8.74. The molecule has 0 aromatic heterocycles. The molecule has 22 heavy (non-hydrogen) atoms. The number of sulfonamides is 1. The Hall–Kier alpha value is -1.44. The molecule has 1 aromatic rings. The van der Waals surface area contributed by atoms with Gasteiger partial charge in [0.25, 0.3) is 10.0 Å². The van der Waals surface area contributed by atoms with Gasteiger partial charge in [-0.05, 0) is 30.2 Å². The molecule has 0 heterocycles. The summed E-state index contributed by atoms with van der Waals surface area (Å²) in [5.74, 6) is -0.0433. The fourth-order valence-corrected chi connectivity index (χ4v) is 2.66. The third-order valence-electron chi connectivity index (χ3n) is 2.47. The Morgan fingerprint density at radius 3 is 2.68 bits per heavy atom. The zero-order valence-electron chi connectivity index (χ0n) is 11.8. The second-order valence-electron chi connectivity index (χ2n) is 4.18. The van der Waals surface area contributed by atoms with E-state index in [-0.39, 0.29) is 15.9 Å². The number of nitrogens with one attached hydrogen (secondary N) is 2. The molecule has 1 rings (SSSR count). The topological polar surface area (TPSA) is 84.5 Å². The van der Waals surface area contributed by atoms with Crippen LogP contribution >= 0.6 is 23.2 Å². The second-order valence-corrected chi connectivity index (χ2v) is 6.42. The summed E-state index contributed by atoms with van der Waals surface area (Å²) in [4.78, 5) is 11.4. The molecule has 0 radical (unpaired) electrons. The highest BCUT2D eigenvalue weighted by Crippen LogP contribution is 2.26. The van der Waals surface area contributed by atoms with Gasteiger partial charge in [-0.3, -0.25) is 0 Å². The van der Waals surface area contributed by atoms with Crippen LogP contribution in [0.25, 0.3) is 0 Å². The van der Waals surface area contributed by atoms with Crippen molar-refractivity contribution >= 4 is 39.3 Å². The summed E-state index contributed by atoms with van der Waals surface area (Å²) in [6.07, 6.45) is 1.64. The number of para-hydroxylation sites is 1. The average molecular weight is 367 g/mol. The first kappa shape index (κ1) is 18.6. The summed E-state index contributed by atoms with van der Waals surface area (Å²) in [5.41, 5.74) is 0.954. The molecule has 0 bridgehead atoms. The van der Waals surface area contributed by atoms with Crippen molar-refractivity contribution in [2.75, 3.05) is 6.54 Å². The maximum absolute atomic E-state index is 12.2. The fraction of sp³-hybridized carbons (Fsp3) is 0.308. The molecule has 0 aliphatic carbocycles. The van der Waals surface area contributed by atoms with Gasteiger partial charge in [-0.25, -0.2) is 17.9 Å². The summed E-state index contributed by atoms with van der Waals surface area (Å²) in [5, 5.41) is 2.25. The Morgan fingerprint density at radius 2 is 2.05 bits per heavy atom. The molecule has 0 spiro atoms. The first-order chi connectivity index (χ1) is 10.4. The number of urea groups is 1. The van der Waals surface area contributed by atoms with Crippen LogP contribution in [-0.4, -0.2) is 21.0 Å². The number of rotatable bonds is 7. The average Bonchev–Trinajstić information content (AvgIpc) is 2.47. The lowest BCUT2D eigenvalue weighted by Gasteiger charge is -2.12. The monoisotopic (exact) mass is 366 g/mol. The molecule has 0 aliphatic rings. The number of carbonyl (C=O) groups is 1. The molecule has 6 nitrogen and oxygen atoms in total. The molecule has 2 amide bonds. The molecule has 0 saturated carbocycles. The highest BCUT2D eigenvalue weighted by Gasteiger charge is 2.22. The number of carbonyl (C=O) groups excluding carboxylic acids is 1. The highest BCUT2D eigenvalue weighted by molar-refractivity contribution is 7.90. The maximum Gasteiger partial charge on any atom is 0.328 e. The largest absolute Gasteiger partial charge is 0.443 e. The SMILES string of the molecule is CCCCNC(=O)NS(=O)(=O)c1ccccc1O/C(Cl)=C/Cl. The van der Waals surface area contributed by atoms with Crippen molar-refractivity contribution in [3.05, 3.63) is 35.0 Å². The van der Waals surface area contributed by atoms with E-state index in [4.69, 9.17) is 27.9 Å². The van der Waals surface area contributed by atoms with E-state index in [0.29, 0.717) is 6.54 Å². The van der Waals surface area contributed by atoms with Gasteiger partial charge in [-0.15, -0.1) is 0 Å². The molecular formula is C13H16Cl2N2O4S. The van der Waals surface area contributed by atoms with Crippen molar-refractivity contribution in [2.24, 2.45) is 0 Å². The van der Waals surface area contributed by atoms with Crippen LogP contribution in [0.3, 0.4) is 0 Å². The van der Waals surface area contributed by atoms with Crippen LogP contribution in [0.15, 0.2) is 39.9 Å². The molecule has 0 unspecified atom stereocenters. The zero-order chi connectivity index (χ0) is 16.6. The van der Waals surface area contributed by atoms with Gasteiger partial charge < -0.3 is 10.1 Å². The Kier molecular flexibility index (Phi) is 7.50. The molecule has 2 N–H and O–H groups in total. The molecule has 0 atom stereocenters. The van der Waals surface area contributed by atoms with Crippen LogP contribution in [0.1, 0.15) is 19.8 Å². The van der Waals surface area contributed by atoms with Gasteiger partial charge in [0.15, 0.2) is 0 Å². The van der Waals surface area contributed by atoms with Crippen LogP contribution in [0.2, 0.25) is 0 Å². The molecule has 1 aromatic carbocycles. The van der Waals surface area contributed by atoms with E-state index in [0.717, 1.165) is 18.4 Å². The molecule has 0 fully saturated rings. The Bertz CT molecular complexity index is 647. The highest BCUT2D eigenvalue weighted by atomic mass is 35.5. The van der Waals surface area contributed by atoms with Gasteiger partial charge in [-0.1, -0.05) is 37.1 Å². The number of halogens is 2. The lowest BCUT2D eigenvalue weighted by atomic mass is 10.3. The number of hydrogen-bond acceptors (Lipinski definition) is 4. The van der Waals surface area contributed by atoms with E-state index in [1.54, 1.807) is 6.07 Å². The summed E-state index contributed by atoms with van der Waals surface area (Å²) in [6.45, 7) is 2.34. The van der Waals surface area contributed by atoms with E-state index in [1.165, 1.54) is 18.2 Å². The lowest BCUT2D eigenvalue weighted by molar-refractivity contribution is 0.245. The van der Waals surface area contributed by atoms with Gasteiger partial charge in [0.05, 0.1) is 5.54 Å². The van der Waals surface area contributed by atoms with Crippen LogP contribution in [0, 0.1) is 0 Å². The molecule has 0 saturated heterocycles. The quantitative estimate of drug-likeness (QED) is 0.573. The zero-order valence-corrected chi connectivity index (χ0v) is 14.1. The van der Waals surface area contributed by atoms with E-state index in [2.05, 4.69) is 5.32 Å². The lowest BCUT2D eigenvalue weighted by Crippen LogP contribution is -2.39. The maximum atomic E-state index is 12.2. The third-order valence-corrected chi connectivity index (χ3v) is 4.34. The summed E-state index contributed by atoms with van der Waals surface area (Å²) >= 11 is 11.0. The number of ether oxygens (including phenoxy) is 1. The van der Waals surface area contributed by atoms with Gasteiger partial charge in [0, 0.05) is 6.54 Å². The van der Waals surface area contributed by atoms with Crippen molar-refractivity contribution in [1.82, 2.24) is 10.0 Å². The number of amides is 2. The van der Waals surface area contributed by atoms with Gasteiger partial charge >= 0.3 is 6.03 Å². The molecule has 0 aliphatic heterocycles. The fourth-order valence-electron chi connectivity index (χ4n) is 1.48. The predicted octanol–water partition coefficient (Wildman–Crippen LogP) is 3.13. The Morgan fingerprint density at radius 1 is 1.36 bits per heavy atom. The Labute approximate surface area is 139 Å². The molecular weight excluding hydrogens is 351 g/mol. The number of benzene rings is 1. The van der Waals surface area contributed by atoms with E-state index < -0.39 is 16.1 Å². The second kappa shape index (κ2) is 8.87. The van der Waals surface area contributed by atoms with E-state index in [9.17, 15) is 13.2 Å². The van der Waals surface area contributed by atoms with Crippen molar-refractivity contribution in [2.45, 2.75) is 24.7 Å². The van der Waals surface area contributed by atoms with Crippen LogP contribution in [-0.2, 0) is 10.0 Å². The van der Waals surface area contributed by atoms with Crippen molar-refractivity contribution in [3.63, 3.8) is 0 Å². The summed E-state index contributed by atoms with van der Waals surface area (Å²) in [7, 11) is -4.10. The van der Waals surface area contributed by atoms with E-state index in [1.807, 2.05) is 11.6 Å². The summed E-state index contributed by atoms with van der Waals surface area (Å²) in [6, 6.07) is 4.94. The molecule has 9 heteroatoms. The molecule has 122 valence electrons. The van der Waals surface area contributed by atoms with Crippen LogP contribution in [0.4, 0.5) is 4.79 Å². The predicted molar refractivity (Wildman–Crippen MR) is 85.5 cm³/mol. The van der Waals surface area contributed by atoms with Crippen molar-refractivity contribution in [1.29, 1.82) is 0 Å². The van der Waals surface area contributed by atoms with Crippen LogP contribution in [0.5, 0.6) is 5.75 Å². The minimum atomic E-state index is -4.10. The number of hydrogen-bond donors (Lipinski definition) is 2. The minimum absolute atomic E-state index is 0.0433. The minimum Gasteiger partial charge on any atom is -0.443 e. The third kappa shape index (κ3) is 5.75. The standard InChI is InChI=1S/C13H16Cl2N2O4S/c1-2-3-8-16-13(18)17-22(19,20)11-7-5-4-6-10(11)21-12(15)9-14/h4-7,9H,2-3,8H2,1H3,(H2,16,17,18)/b12-9+. The number of unbranched alkanes of at least 4 members (excludes halogenated alkanes) is 1. The first-order valence-electron chi connectivity index (χ1n) is 6.44. The van der Waals surface area contributed by atoms with Crippen LogP contribution < -0.4 is 14.8 Å². The van der Waals surface area contributed by atoms with Gasteiger partial charge in [0.1, 0.15) is 10.6 Å². The summed E-state index contributed by atoms with van der Waals surface area (Å²) < 4.78 is 31.5.